The van der Waals surface area contributed by atoms with Crippen LogP contribution in [0, 0.1) is 11.7 Å². The summed E-state index contributed by atoms with van der Waals surface area (Å²) >= 11 is 0. The Morgan fingerprint density at radius 1 is 1.16 bits per heavy atom. The zero-order valence-corrected chi connectivity index (χ0v) is 14.9. The highest BCUT2D eigenvalue weighted by Crippen LogP contribution is 2.28. The third kappa shape index (κ3) is 3.56. The standard InChI is InChI=1S/C17H24FN3O3S/c18-15-5-1-2-6-16(15)25(23,24)20-10-7-13(8-11-20)17(22)21-9-3-4-14(21)12-19/h1-2,5-6,13-14H,3-4,7-12,19H2. The average Bonchev–Trinajstić information content (AvgIpc) is 3.10. The highest BCUT2D eigenvalue weighted by molar-refractivity contribution is 7.89. The molecule has 2 heterocycles. The van der Waals surface area contributed by atoms with Gasteiger partial charge in [0.25, 0.3) is 0 Å². The van der Waals surface area contributed by atoms with Crippen molar-refractivity contribution in [1.82, 2.24) is 9.21 Å². The Bertz CT molecular complexity index is 732. The van der Waals surface area contributed by atoms with Crippen molar-refractivity contribution in [3.8, 4) is 0 Å². The van der Waals surface area contributed by atoms with Gasteiger partial charge in [-0.3, -0.25) is 4.79 Å². The molecule has 0 saturated carbocycles. The SMILES string of the molecule is NCC1CCCN1C(=O)C1CCN(S(=O)(=O)c2ccccc2F)CC1. The third-order valence-electron chi connectivity index (χ3n) is 5.19. The number of halogens is 1. The van der Waals surface area contributed by atoms with E-state index in [1.54, 1.807) is 0 Å². The fraction of sp³-hybridized carbons (Fsp3) is 0.588. The average molecular weight is 369 g/mol. The first-order chi connectivity index (χ1) is 11.9. The first-order valence-electron chi connectivity index (χ1n) is 8.70. The van der Waals surface area contributed by atoms with Gasteiger partial charge >= 0.3 is 0 Å². The van der Waals surface area contributed by atoms with Gasteiger partial charge in [0.2, 0.25) is 15.9 Å². The summed E-state index contributed by atoms with van der Waals surface area (Å²) in [7, 11) is -3.86. The van der Waals surface area contributed by atoms with Crippen LogP contribution < -0.4 is 5.73 Å². The van der Waals surface area contributed by atoms with E-state index in [0.29, 0.717) is 19.4 Å². The highest BCUT2D eigenvalue weighted by atomic mass is 32.2. The Hall–Kier alpha value is -1.51. The summed E-state index contributed by atoms with van der Waals surface area (Å²) in [6, 6.07) is 5.49. The fourth-order valence-electron chi connectivity index (χ4n) is 3.74. The molecule has 1 aromatic carbocycles. The van der Waals surface area contributed by atoms with Gasteiger partial charge in [0.05, 0.1) is 0 Å². The Morgan fingerprint density at radius 3 is 2.48 bits per heavy atom. The van der Waals surface area contributed by atoms with Crippen LogP contribution in [0.4, 0.5) is 4.39 Å². The molecular formula is C17H24FN3O3S. The highest BCUT2D eigenvalue weighted by Gasteiger charge is 2.37. The quantitative estimate of drug-likeness (QED) is 0.864. The number of nitrogens with two attached hydrogens (primary N) is 1. The minimum atomic E-state index is -3.86. The molecule has 2 saturated heterocycles. The van der Waals surface area contributed by atoms with Gasteiger partial charge in [-0.1, -0.05) is 12.1 Å². The van der Waals surface area contributed by atoms with Gasteiger partial charge in [-0.2, -0.15) is 4.31 Å². The number of amides is 1. The number of nitrogens with zero attached hydrogens (tertiary/aromatic N) is 2. The monoisotopic (exact) mass is 369 g/mol. The van der Waals surface area contributed by atoms with Crippen molar-refractivity contribution >= 4 is 15.9 Å². The molecule has 2 N–H and O–H groups in total. The Morgan fingerprint density at radius 2 is 1.84 bits per heavy atom. The second-order valence-electron chi connectivity index (χ2n) is 6.67. The van der Waals surface area contributed by atoms with Crippen molar-refractivity contribution in [2.24, 2.45) is 11.7 Å². The van der Waals surface area contributed by atoms with Crippen LogP contribution in [0.25, 0.3) is 0 Å². The number of piperidine rings is 1. The van der Waals surface area contributed by atoms with E-state index in [2.05, 4.69) is 0 Å². The number of hydrogen-bond donors (Lipinski definition) is 1. The van der Waals surface area contributed by atoms with Gasteiger partial charge < -0.3 is 10.6 Å². The van der Waals surface area contributed by atoms with Crippen molar-refractivity contribution < 1.29 is 17.6 Å². The Kier molecular flexibility index (Phi) is 5.41. The number of sulfonamides is 1. The molecule has 1 atom stereocenters. The van der Waals surface area contributed by atoms with Crippen molar-refractivity contribution in [3.05, 3.63) is 30.1 Å². The molecule has 25 heavy (non-hydrogen) atoms. The van der Waals surface area contributed by atoms with E-state index in [0.717, 1.165) is 25.5 Å². The van der Waals surface area contributed by atoms with Gasteiger partial charge in [0.1, 0.15) is 10.7 Å². The molecule has 1 aromatic rings. The van der Waals surface area contributed by atoms with Crippen molar-refractivity contribution in [3.63, 3.8) is 0 Å². The van der Waals surface area contributed by atoms with E-state index in [9.17, 15) is 17.6 Å². The molecule has 138 valence electrons. The maximum Gasteiger partial charge on any atom is 0.245 e. The number of hydrogen-bond acceptors (Lipinski definition) is 4. The summed E-state index contributed by atoms with van der Waals surface area (Å²) in [5.74, 6) is -0.848. The molecule has 0 radical (unpaired) electrons. The molecule has 0 aromatic heterocycles. The van der Waals surface area contributed by atoms with E-state index in [1.807, 2.05) is 4.90 Å². The third-order valence-corrected chi connectivity index (χ3v) is 7.12. The lowest BCUT2D eigenvalue weighted by Gasteiger charge is -2.34. The van der Waals surface area contributed by atoms with Gasteiger partial charge in [0.15, 0.2) is 0 Å². The van der Waals surface area contributed by atoms with Crippen molar-refractivity contribution in [2.45, 2.75) is 36.6 Å². The minimum Gasteiger partial charge on any atom is -0.338 e. The summed E-state index contributed by atoms with van der Waals surface area (Å²) in [6.45, 7) is 1.66. The summed E-state index contributed by atoms with van der Waals surface area (Å²) in [6.07, 6.45) is 2.82. The van der Waals surface area contributed by atoms with E-state index in [-0.39, 0.29) is 35.9 Å². The normalized spacial score (nSPS) is 23.1. The van der Waals surface area contributed by atoms with Gasteiger partial charge in [-0.15, -0.1) is 0 Å². The van der Waals surface area contributed by atoms with Crippen LogP contribution in [0.3, 0.4) is 0 Å². The number of likely N-dealkylation sites (tertiary alicyclic amines) is 1. The minimum absolute atomic E-state index is 0.0795. The molecular weight excluding hydrogens is 345 g/mol. The van der Waals surface area contributed by atoms with Crippen LogP contribution >= 0.6 is 0 Å². The summed E-state index contributed by atoms with van der Waals surface area (Å²) < 4.78 is 40.4. The summed E-state index contributed by atoms with van der Waals surface area (Å²) in [5.41, 5.74) is 5.73. The number of rotatable bonds is 4. The van der Waals surface area contributed by atoms with Crippen LogP contribution in [0.15, 0.2) is 29.2 Å². The molecule has 1 unspecified atom stereocenters. The topological polar surface area (TPSA) is 83.7 Å². The first kappa shape index (κ1) is 18.3. The van der Waals surface area contributed by atoms with E-state index in [4.69, 9.17) is 5.73 Å². The molecule has 0 aliphatic carbocycles. The second-order valence-corrected chi connectivity index (χ2v) is 8.58. The lowest BCUT2D eigenvalue weighted by molar-refractivity contribution is -0.137. The Labute approximate surface area is 147 Å². The van der Waals surface area contributed by atoms with Crippen molar-refractivity contribution in [1.29, 1.82) is 0 Å². The van der Waals surface area contributed by atoms with Crippen LogP contribution in [0.1, 0.15) is 25.7 Å². The molecule has 6 nitrogen and oxygen atoms in total. The zero-order valence-electron chi connectivity index (χ0n) is 14.1. The first-order valence-corrected chi connectivity index (χ1v) is 10.1. The number of carbonyl (C=O) groups excluding carboxylic acids is 1. The van der Waals surface area contributed by atoms with E-state index < -0.39 is 15.8 Å². The smallest absolute Gasteiger partial charge is 0.245 e. The molecule has 2 aliphatic heterocycles. The predicted octanol–water partition coefficient (Wildman–Crippen LogP) is 1.18. The lowest BCUT2D eigenvalue weighted by Crippen LogP contribution is -2.47. The van der Waals surface area contributed by atoms with Gasteiger partial charge in [-0.05, 0) is 37.8 Å². The summed E-state index contributed by atoms with van der Waals surface area (Å²) in [5, 5.41) is 0. The molecule has 3 rings (SSSR count). The number of benzene rings is 1. The Balaban J connectivity index is 1.66. The van der Waals surface area contributed by atoms with Crippen LogP contribution in [-0.4, -0.2) is 55.8 Å². The molecule has 0 spiro atoms. The van der Waals surface area contributed by atoms with Gasteiger partial charge in [0, 0.05) is 38.1 Å². The zero-order chi connectivity index (χ0) is 18.0. The molecule has 8 heteroatoms. The molecule has 0 bridgehead atoms. The van der Waals surface area contributed by atoms with Gasteiger partial charge in [-0.25, -0.2) is 12.8 Å². The van der Waals surface area contributed by atoms with Crippen molar-refractivity contribution in [2.75, 3.05) is 26.2 Å². The van der Waals surface area contributed by atoms with Crippen LogP contribution in [0.2, 0.25) is 0 Å². The molecule has 1 amide bonds. The molecule has 2 aliphatic rings. The van der Waals surface area contributed by atoms with E-state index in [1.165, 1.54) is 22.5 Å². The predicted molar refractivity (Wildman–Crippen MR) is 91.7 cm³/mol. The summed E-state index contributed by atoms with van der Waals surface area (Å²) in [4.78, 5) is 14.2. The number of carbonyl (C=O) groups is 1. The lowest BCUT2D eigenvalue weighted by atomic mass is 9.96. The maximum atomic E-state index is 13.9. The largest absolute Gasteiger partial charge is 0.338 e. The second kappa shape index (κ2) is 7.39. The van der Waals surface area contributed by atoms with E-state index >= 15 is 0 Å². The molecule has 2 fully saturated rings. The maximum absolute atomic E-state index is 13.9. The fourth-order valence-corrected chi connectivity index (χ4v) is 5.28. The van der Waals surface area contributed by atoms with Crippen LogP contribution in [0.5, 0.6) is 0 Å². The van der Waals surface area contributed by atoms with Crippen LogP contribution in [-0.2, 0) is 14.8 Å².